The van der Waals surface area contributed by atoms with Crippen LogP contribution in [0.15, 0.2) is 12.1 Å². The van der Waals surface area contributed by atoms with Crippen LogP contribution in [-0.4, -0.2) is 0 Å². The first-order valence-electron chi connectivity index (χ1n) is 7.09. The second-order valence-electron chi connectivity index (χ2n) is 5.58. The summed E-state index contributed by atoms with van der Waals surface area (Å²) in [6.45, 7) is 0. The highest BCUT2D eigenvalue weighted by atomic mass is 14.1. The van der Waals surface area contributed by atoms with Crippen LogP contribution in [0.2, 0.25) is 0 Å². The lowest BCUT2D eigenvalue weighted by molar-refractivity contribution is 1.46. The fraction of sp³-hybridized carbons (Fsp3) is 0.158. The van der Waals surface area contributed by atoms with Crippen LogP contribution >= 0.6 is 0 Å². The molecule has 90 valence electrons. The Bertz CT molecular complexity index is 1110. The minimum atomic E-state index is 1.08. The molecule has 19 heavy (non-hydrogen) atoms. The summed E-state index contributed by atoms with van der Waals surface area (Å²) in [7, 11) is 0. The van der Waals surface area contributed by atoms with E-state index >= 15 is 0 Å². The van der Waals surface area contributed by atoms with Gasteiger partial charge in [0.05, 0.1) is 0 Å². The van der Waals surface area contributed by atoms with Gasteiger partial charge in [0, 0.05) is 0 Å². The fourth-order valence-electron chi connectivity index (χ4n) is 3.88. The Hall–Kier alpha value is -2.08. The van der Waals surface area contributed by atoms with Gasteiger partial charge in [-0.15, -0.1) is 0 Å². The quantitative estimate of drug-likeness (QED) is 0.597. The lowest BCUT2D eigenvalue weighted by Crippen LogP contribution is -2.48. The number of rotatable bonds is 0. The van der Waals surface area contributed by atoms with Crippen molar-refractivity contribution in [2.75, 3.05) is 0 Å². The Morgan fingerprint density at radius 2 is 1.16 bits per heavy atom. The predicted octanol–water partition coefficient (Wildman–Crippen LogP) is -0.266. The van der Waals surface area contributed by atoms with Crippen LogP contribution in [0.4, 0.5) is 0 Å². The van der Waals surface area contributed by atoms with E-state index < -0.39 is 0 Å². The molecule has 0 radical (unpaired) electrons. The van der Waals surface area contributed by atoms with E-state index in [2.05, 4.69) is 48.6 Å². The van der Waals surface area contributed by atoms with Gasteiger partial charge in [0.2, 0.25) is 0 Å². The van der Waals surface area contributed by atoms with Gasteiger partial charge < -0.3 is 0 Å². The zero-order chi connectivity index (χ0) is 12.4. The van der Waals surface area contributed by atoms with Gasteiger partial charge in [0.15, 0.2) is 0 Å². The SMILES string of the molecule is C1=c2ccc3c4c(c5c(c3c2=CC1)=CCC=5)=CCC=4. The molecule has 0 aliphatic heterocycles. The van der Waals surface area contributed by atoms with Crippen molar-refractivity contribution in [3.8, 4) is 0 Å². The minimum absolute atomic E-state index is 1.08. The molecular formula is C19H14. The van der Waals surface area contributed by atoms with E-state index in [-0.39, 0.29) is 0 Å². The third-order valence-corrected chi connectivity index (χ3v) is 4.66. The second kappa shape index (κ2) is 3.27. The first-order valence-corrected chi connectivity index (χ1v) is 7.09. The van der Waals surface area contributed by atoms with Gasteiger partial charge in [-0.05, 0) is 61.3 Å². The molecule has 0 unspecified atom stereocenters. The van der Waals surface area contributed by atoms with Gasteiger partial charge in [0.1, 0.15) is 0 Å². The maximum atomic E-state index is 2.40. The molecule has 0 saturated carbocycles. The number of fused-ring (bicyclic) bond motifs is 8. The van der Waals surface area contributed by atoms with Gasteiger partial charge >= 0.3 is 0 Å². The van der Waals surface area contributed by atoms with Crippen molar-refractivity contribution in [2.45, 2.75) is 19.3 Å². The summed E-state index contributed by atoms with van der Waals surface area (Å²) in [6, 6.07) is 4.61. The fourth-order valence-corrected chi connectivity index (χ4v) is 3.88. The summed E-state index contributed by atoms with van der Waals surface area (Å²) >= 11 is 0. The van der Waals surface area contributed by atoms with E-state index in [1.807, 2.05) is 0 Å². The minimum Gasteiger partial charge on any atom is -0.0728 e. The molecule has 0 atom stereocenters. The standard InChI is InChI=1S/C19H14/c1-4-12-10-11-18-16-7-2-6-14(16)15-8-3-9-17(15)19(18)13(12)5-1/h4-11H,1-3H2. The van der Waals surface area contributed by atoms with Crippen LogP contribution in [0.25, 0.3) is 47.2 Å². The molecule has 3 aliphatic carbocycles. The van der Waals surface area contributed by atoms with E-state index in [1.165, 1.54) is 42.1 Å². The maximum Gasteiger partial charge on any atom is -0.00269 e. The molecule has 0 bridgehead atoms. The Labute approximate surface area is 110 Å². The summed E-state index contributed by atoms with van der Waals surface area (Å²) in [6.07, 6.45) is 17.5. The van der Waals surface area contributed by atoms with Crippen LogP contribution in [0, 0.1) is 0 Å². The monoisotopic (exact) mass is 242 g/mol. The van der Waals surface area contributed by atoms with Crippen molar-refractivity contribution in [3.63, 3.8) is 0 Å². The molecule has 0 aromatic heterocycles. The Morgan fingerprint density at radius 1 is 0.526 bits per heavy atom. The molecule has 0 heteroatoms. The molecule has 0 spiro atoms. The van der Waals surface area contributed by atoms with E-state index in [0.29, 0.717) is 0 Å². The molecule has 2 aromatic carbocycles. The third-order valence-electron chi connectivity index (χ3n) is 4.66. The third kappa shape index (κ3) is 1.10. The van der Waals surface area contributed by atoms with Crippen LogP contribution in [0.1, 0.15) is 19.3 Å². The summed E-state index contributed by atoms with van der Waals surface area (Å²) < 4.78 is 0. The van der Waals surface area contributed by atoms with Crippen molar-refractivity contribution in [1.29, 1.82) is 0 Å². The Morgan fingerprint density at radius 3 is 2.05 bits per heavy atom. The van der Waals surface area contributed by atoms with Crippen molar-refractivity contribution in [3.05, 3.63) is 43.4 Å². The van der Waals surface area contributed by atoms with Gasteiger partial charge in [-0.1, -0.05) is 48.6 Å². The predicted molar refractivity (Wildman–Crippen MR) is 82.3 cm³/mol. The van der Waals surface area contributed by atoms with Gasteiger partial charge in [0.25, 0.3) is 0 Å². The van der Waals surface area contributed by atoms with Crippen molar-refractivity contribution in [2.24, 2.45) is 0 Å². The molecule has 0 saturated heterocycles. The number of benzene rings is 2. The zero-order valence-electron chi connectivity index (χ0n) is 10.7. The molecule has 0 N–H and O–H groups in total. The normalized spacial score (nSPS) is 17.3. The molecule has 0 amide bonds. The van der Waals surface area contributed by atoms with Gasteiger partial charge in [-0.2, -0.15) is 0 Å². The number of hydrogen-bond acceptors (Lipinski definition) is 0. The van der Waals surface area contributed by atoms with Crippen LogP contribution < -0.4 is 31.3 Å². The highest BCUT2D eigenvalue weighted by Gasteiger charge is 2.10. The van der Waals surface area contributed by atoms with E-state index in [0.717, 1.165) is 19.3 Å². The summed E-state index contributed by atoms with van der Waals surface area (Å²) in [5.41, 5.74) is 0. The molecular weight excluding hydrogens is 228 g/mol. The van der Waals surface area contributed by atoms with Crippen LogP contribution in [0.5, 0.6) is 0 Å². The molecule has 2 aromatic rings. The molecule has 0 fully saturated rings. The highest BCUT2D eigenvalue weighted by Crippen LogP contribution is 2.03. The lowest BCUT2D eigenvalue weighted by atomic mass is 10.0. The first kappa shape index (κ1) is 9.80. The summed E-state index contributed by atoms with van der Waals surface area (Å²) in [4.78, 5) is 0. The molecule has 5 rings (SSSR count). The average Bonchev–Trinajstić information content (AvgIpc) is 3.17. The van der Waals surface area contributed by atoms with Crippen LogP contribution in [-0.2, 0) is 0 Å². The largest absolute Gasteiger partial charge is 0.0728 e. The van der Waals surface area contributed by atoms with E-state index in [9.17, 15) is 0 Å². The number of hydrogen-bond donors (Lipinski definition) is 0. The van der Waals surface area contributed by atoms with Crippen molar-refractivity contribution in [1.82, 2.24) is 0 Å². The highest BCUT2D eigenvalue weighted by molar-refractivity contribution is 5.89. The second-order valence-corrected chi connectivity index (χ2v) is 5.58. The Kier molecular flexibility index (Phi) is 1.69. The maximum absolute atomic E-state index is 2.40. The summed E-state index contributed by atoms with van der Waals surface area (Å²) in [5.74, 6) is 0. The van der Waals surface area contributed by atoms with E-state index in [4.69, 9.17) is 0 Å². The smallest absolute Gasteiger partial charge is 0.00269 e. The zero-order valence-corrected chi connectivity index (χ0v) is 10.7. The first-order chi connectivity index (χ1) is 9.43. The van der Waals surface area contributed by atoms with E-state index in [1.54, 1.807) is 0 Å². The molecule has 3 aliphatic rings. The van der Waals surface area contributed by atoms with Gasteiger partial charge in [-0.25, -0.2) is 0 Å². The van der Waals surface area contributed by atoms with Gasteiger partial charge in [-0.3, -0.25) is 0 Å². The van der Waals surface area contributed by atoms with Crippen LogP contribution in [0.3, 0.4) is 0 Å². The molecule has 0 nitrogen and oxygen atoms in total. The summed E-state index contributed by atoms with van der Waals surface area (Å²) in [5, 5.41) is 11.7. The van der Waals surface area contributed by atoms with Crippen molar-refractivity contribution < 1.29 is 0 Å². The Balaban J connectivity index is 2.33. The average molecular weight is 242 g/mol. The van der Waals surface area contributed by atoms with Crippen molar-refractivity contribution >= 4 is 47.2 Å². The molecule has 0 heterocycles. The topological polar surface area (TPSA) is 0 Å². The lowest BCUT2D eigenvalue weighted by Gasteiger charge is -2.02.